The monoisotopic (exact) mass is 915 g/mol. The van der Waals surface area contributed by atoms with E-state index in [1.54, 1.807) is 0 Å². The molecule has 0 N–H and O–H groups in total. The van der Waals surface area contributed by atoms with Crippen LogP contribution in [0.1, 0.15) is 56.2 Å². The standard InChI is InChI=1S/C51H78O14/c1-3-5-15-46(4-2)50(52)64-44-42-62-40-38-60-36-34-58-32-30-56-28-26-54-24-22-53-23-25-55-27-29-57-31-33-59-35-37-61-39-41-63-43-45-65-51(47-16-9-6-10-17-47,48-18-11-7-12-19-48)49-20-13-8-14-21-49/h6-14,16-21,46H,3-5,15,22-45H2,1-2H3. The van der Waals surface area contributed by atoms with Gasteiger partial charge in [0.15, 0.2) is 0 Å². The lowest BCUT2D eigenvalue weighted by Gasteiger charge is -2.36. The van der Waals surface area contributed by atoms with Crippen LogP contribution in [0.15, 0.2) is 91.0 Å². The largest absolute Gasteiger partial charge is 0.463 e. The van der Waals surface area contributed by atoms with Gasteiger partial charge in [0.1, 0.15) is 12.2 Å². The van der Waals surface area contributed by atoms with E-state index in [0.717, 1.165) is 42.4 Å². The number of carbonyl (C=O) groups excluding carboxylic acids is 1. The highest BCUT2D eigenvalue weighted by Gasteiger charge is 2.37. The Bertz CT molecular complexity index is 1390. The fourth-order valence-corrected chi connectivity index (χ4v) is 6.58. The third-order valence-electron chi connectivity index (χ3n) is 10.0. The predicted molar refractivity (Wildman–Crippen MR) is 248 cm³/mol. The van der Waals surface area contributed by atoms with E-state index in [4.69, 9.17) is 61.6 Å². The van der Waals surface area contributed by atoms with E-state index in [-0.39, 0.29) is 18.5 Å². The van der Waals surface area contributed by atoms with Crippen LogP contribution in [-0.4, -0.2) is 165 Å². The molecule has 14 nitrogen and oxygen atoms in total. The summed E-state index contributed by atoms with van der Waals surface area (Å²) in [4.78, 5) is 12.1. The molecule has 0 aromatic heterocycles. The molecule has 0 heterocycles. The van der Waals surface area contributed by atoms with E-state index in [9.17, 15) is 4.79 Å². The van der Waals surface area contributed by atoms with Crippen LogP contribution in [-0.2, 0) is 72.0 Å². The average Bonchev–Trinajstić information content (AvgIpc) is 3.34. The maximum atomic E-state index is 12.1. The summed E-state index contributed by atoms with van der Waals surface area (Å²) in [6, 6.07) is 31.0. The normalized spacial score (nSPS) is 12.2. The summed E-state index contributed by atoms with van der Waals surface area (Å²) in [5, 5.41) is 0. The first-order valence-corrected chi connectivity index (χ1v) is 23.5. The SMILES string of the molecule is CCCCC(CC)C(=O)OCCOCCOCCOCCOCCOCCOCCOCCOCCOCCOCCOCCOC(c1ccccc1)(c1ccccc1)c1ccccc1. The van der Waals surface area contributed by atoms with Crippen LogP contribution < -0.4 is 0 Å². The van der Waals surface area contributed by atoms with E-state index in [0.29, 0.717) is 152 Å². The lowest BCUT2D eigenvalue weighted by molar-refractivity contribution is -0.150. The fraction of sp³-hybridized carbons (Fsp3) is 0.627. The summed E-state index contributed by atoms with van der Waals surface area (Å²) in [5.41, 5.74) is 2.43. The van der Waals surface area contributed by atoms with E-state index in [1.165, 1.54) is 0 Å². The molecule has 366 valence electrons. The molecule has 65 heavy (non-hydrogen) atoms. The van der Waals surface area contributed by atoms with Crippen LogP contribution in [0.3, 0.4) is 0 Å². The molecule has 0 saturated heterocycles. The minimum absolute atomic E-state index is 0.00934. The van der Waals surface area contributed by atoms with E-state index in [1.807, 2.05) is 61.5 Å². The first-order valence-electron chi connectivity index (χ1n) is 23.5. The van der Waals surface area contributed by atoms with Crippen LogP contribution in [0.2, 0.25) is 0 Å². The minimum atomic E-state index is -0.758. The van der Waals surface area contributed by atoms with Crippen molar-refractivity contribution in [3.05, 3.63) is 108 Å². The van der Waals surface area contributed by atoms with Crippen LogP contribution in [0.25, 0.3) is 0 Å². The Balaban J connectivity index is 0.994. The van der Waals surface area contributed by atoms with E-state index >= 15 is 0 Å². The molecule has 0 radical (unpaired) electrons. The fourth-order valence-electron chi connectivity index (χ4n) is 6.58. The van der Waals surface area contributed by atoms with Gasteiger partial charge in [-0.25, -0.2) is 0 Å². The van der Waals surface area contributed by atoms with Crippen LogP contribution in [0, 0.1) is 5.92 Å². The van der Waals surface area contributed by atoms with Crippen molar-refractivity contribution in [1.82, 2.24) is 0 Å². The van der Waals surface area contributed by atoms with Gasteiger partial charge in [-0.3, -0.25) is 4.79 Å². The molecule has 0 bridgehead atoms. The van der Waals surface area contributed by atoms with Crippen molar-refractivity contribution in [3.8, 4) is 0 Å². The van der Waals surface area contributed by atoms with Crippen molar-refractivity contribution < 1.29 is 66.4 Å². The zero-order chi connectivity index (χ0) is 46.0. The average molecular weight is 915 g/mol. The predicted octanol–water partition coefficient (Wildman–Crippen LogP) is 6.94. The summed E-state index contributed by atoms with van der Waals surface area (Å²) in [6.45, 7) is 15.3. The second kappa shape index (κ2) is 39.8. The van der Waals surface area contributed by atoms with Crippen LogP contribution in [0.5, 0.6) is 0 Å². The number of hydrogen-bond acceptors (Lipinski definition) is 14. The molecule has 0 spiro atoms. The number of esters is 1. The Hall–Kier alpha value is -3.35. The van der Waals surface area contributed by atoms with Gasteiger partial charge in [-0.15, -0.1) is 0 Å². The van der Waals surface area contributed by atoms with Crippen molar-refractivity contribution in [1.29, 1.82) is 0 Å². The van der Waals surface area contributed by atoms with Gasteiger partial charge in [0.2, 0.25) is 0 Å². The molecule has 1 unspecified atom stereocenters. The van der Waals surface area contributed by atoms with Gasteiger partial charge in [0.05, 0.1) is 158 Å². The Morgan fingerprint density at radius 1 is 0.385 bits per heavy atom. The molecule has 0 amide bonds. The molecule has 3 aromatic rings. The molecule has 1 atom stereocenters. The van der Waals surface area contributed by atoms with Crippen LogP contribution >= 0.6 is 0 Å². The van der Waals surface area contributed by atoms with E-state index < -0.39 is 5.60 Å². The maximum absolute atomic E-state index is 12.1. The summed E-state index contributed by atoms with van der Waals surface area (Å²) >= 11 is 0. The summed E-state index contributed by atoms with van der Waals surface area (Å²) < 4.78 is 73.3. The topological polar surface area (TPSA) is 137 Å². The Kier molecular flexibility index (Phi) is 34.3. The number of ether oxygens (including phenoxy) is 13. The third kappa shape index (κ3) is 26.0. The Labute approximate surface area is 388 Å². The molecule has 3 aromatic carbocycles. The van der Waals surface area contributed by atoms with Crippen LogP contribution in [0.4, 0.5) is 0 Å². The Morgan fingerprint density at radius 2 is 0.646 bits per heavy atom. The molecule has 0 fully saturated rings. The molecule has 0 aliphatic heterocycles. The highest BCUT2D eigenvalue weighted by atomic mass is 16.6. The molecule has 0 aliphatic carbocycles. The summed E-state index contributed by atoms with van der Waals surface area (Å²) in [7, 11) is 0. The van der Waals surface area contributed by atoms with Gasteiger partial charge in [-0.05, 0) is 29.5 Å². The number of benzene rings is 3. The Morgan fingerprint density at radius 3 is 0.908 bits per heavy atom. The first kappa shape index (κ1) is 56.0. The third-order valence-corrected chi connectivity index (χ3v) is 10.0. The summed E-state index contributed by atoms with van der Waals surface area (Å²) in [5.74, 6) is -0.132. The number of unbranched alkanes of at least 4 members (excludes halogenated alkanes) is 1. The molecule has 14 heteroatoms. The maximum Gasteiger partial charge on any atom is 0.308 e. The second-order valence-corrected chi connectivity index (χ2v) is 14.8. The smallest absolute Gasteiger partial charge is 0.308 e. The van der Waals surface area contributed by atoms with Gasteiger partial charge in [-0.2, -0.15) is 0 Å². The van der Waals surface area contributed by atoms with E-state index in [2.05, 4.69) is 43.3 Å². The number of rotatable bonds is 45. The van der Waals surface area contributed by atoms with Crippen molar-refractivity contribution in [2.24, 2.45) is 5.92 Å². The quantitative estimate of drug-likeness (QED) is 0.0329. The van der Waals surface area contributed by atoms with Crippen molar-refractivity contribution in [3.63, 3.8) is 0 Å². The van der Waals surface area contributed by atoms with Crippen molar-refractivity contribution in [2.45, 2.75) is 45.1 Å². The highest BCUT2D eigenvalue weighted by Crippen LogP contribution is 2.40. The molecule has 3 rings (SSSR count). The molecular weight excluding hydrogens is 837 g/mol. The number of hydrogen-bond donors (Lipinski definition) is 0. The van der Waals surface area contributed by atoms with Crippen molar-refractivity contribution in [2.75, 3.05) is 159 Å². The number of carbonyl (C=O) groups is 1. The van der Waals surface area contributed by atoms with Crippen molar-refractivity contribution >= 4 is 5.97 Å². The first-order chi connectivity index (χ1) is 32.2. The van der Waals surface area contributed by atoms with Gasteiger partial charge in [0, 0.05) is 0 Å². The second-order valence-electron chi connectivity index (χ2n) is 14.8. The molecule has 0 saturated carbocycles. The zero-order valence-corrected chi connectivity index (χ0v) is 39.3. The lowest BCUT2D eigenvalue weighted by atomic mass is 9.80. The van der Waals surface area contributed by atoms with Gasteiger partial charge < -0.3 is 61.6 Å². The zero-order valence-electron chi connectivity index (χ0n) is 39.3. The lowest BCUT2D eigenvalue weighted by Crippen LogP contribution is -2.34. The van der Waals surface area contributed by atoms with Gasteiger partial charge >= 0.3 is 5.97 Å². The minimum Gasteiger partial charge on any atom is -0.463 e. The summed E-state index contributed by atoms with van der Waals surface area (Å²) in [6.07, 6.45) is 3.82. The van der Waals surface area contributed by atoms with Gasteiger partial charge in [0.25, 0.3) is 0 Å². The highest BCUT2D eigenvalue weighted by molar-refractivity contribution is 5.72. The van der Waals surface area contributed by atoms with Gasteiger partial charge in [-0.1, -0.05) is 118 Å². The molecule has 0 aliphatic rings. The molecular formula is C51H78O14.